The van der Waals surface area contributed by atoms with Crippen molar-refractivity contribution < 1.29 is 14.4 Å². The van der Waals surface area contributed by atoms with Gasteiger partial charge in [-0.15, -0.1) is 0 Å². The van der Waals surface area contributed by atoms with E-state index in [1.165, 1.54) is 10.5 Å². The molecule has 5 aliphatic rings. The first-order chi connectivity index (χ1) is 15.6. The van der Waals surface area contributed by atoms with Crippen molar-refractivity contribution in [1.82, 2.24) is 4.90 Å². The van der Waals surface area contributed by atoms with Crippen molar-refractivity contribution in [3.8, 4) is 0 Å². The van der Waals surface area contributed by atoms with E-state index in [4.69, 9.17) is 0 Å². The van der Waals surface area contributed by atoms with Gasteiger partial charge in [0.25, 0.3) is 5.91 Å². The number of anilines is 1. The fraction of sp³-hybridized carbons (Fsp3) is 0.370. The highest BCUT2D eigenvalue weighted by Gasteiger charge is 2.67. The van der Waals surface area contributed by atoms with E-state index >= 15 is 0 Å². The van der Waals surface area contributed by atoms with Crippen LogP contribution in [0, 0.1) is 35.5 Å². The number of carbonyl (C=O) groups excluding carboxylic acids is 3. The number of nitrogens with zero attached hydrogens (tertiary/aromatic N) is 2. The summed E-state index contributed by atoms with van der Waals surface area (Å²) in [5.41, 5.74) is 2.39. The van der Waals surface area contributed by atoms with Crippen LogP contribution >= 0.6 is 0 Å². The lowest BCUT2D eigenvalue weighted by molar-refractivity contribution is -0.140. The monoisotopic (exact) mass is 426 g/mol. The van der Waals surface area contributed by atoms with Gasteiger partial charge in [0, 0.05) is 11.3 Å². The van der Waals surface area contributed by atoms with Crippen LogP contribution in [-0.4, -0.2) is 29.3 Å². The van der Waals surface area contributed by atoms with Crippen molar-refractivity contribution in [2.45, 2.75) is 19.8 Å². The second-order valence-corrected chi connectivity index (χ2v) is 9.52. The molecule has 5 nitrogen and oxygen atoms in total. The Bertz CT molecular complexity index is 1090. The number of carbonyl (C=O) groups is 3. The molecule has 4 aliphatic carbocycles. The topological polar surface area (TPSA) is 57.7 Å². The van der Waals surface area contributed by atoms with Gasteiger partial charge < -0.3 is 0 Å². The lowest BCUT2D eigenvalue weighted by Gasteiger charge is -2.37. The van der Waals surface area contributed by atoms with Gasteiger partial charge in [0.15, 0.2) is 0 Å². The zero-order chi connectivity index (χ0) is 22.0. The molecule has 7 rings (SSSR count). The van der Waals surface area contributed by atoms with Crippen LogP contribution in [0.15, 0.2) is 66.7 Å². The van der Waals surface area contributed by atoms with Crippen molar-refractivity contribution in [3.05, 3.63) is 77.9 Å². The second kappa shape index (κ2) is 7.16. The van der Waals surface area contributed by atoms with Gasteiger partial charge in [0.1, 0.15) is 6.67 Å². The number of rotatable bonds is 5. The van der Waals surface area contributed by atoms with E-state index < -0.39 is 0 Å². The molecular formula is C27H26N2O3. The molecule has 0 spiro atoms. The molecule has 0 unspecified atom stereocenters. The Labute approximate surface area is 187 Å². The molecule has 1 saturated heterocycles. The molecule has 5 heteroatoms. The number of hydrogen-bond donors (Lipinski definition) is 0. The quantitative estimate of drug-likeness (QED) is 0.538. The minimum Gasteiger partial charge on any atom is -0.290 e. The van der Waals surface area contributed by atoms with E-state index in [0.29, 0.717) is 23.1 Å². The average molecular weight is 427 g/mol. The summed E-state index contributed by atoms with van der Waals surface area (Å²) in [5.74, 6) is 0.542. The predicted octanol–water partition coefficient (Wildman–Crippen LogP) is 3.91. The Morgan fingerprint density at radius 3 is 2.06 bits per heavy atom. The molecule has 2 saturated carbocycles. The Morgan fingerprint density at radius 1 is 0.906 bits per heavy atom. The summed E-state index contributed by atoms with van der Waals surface area (Å²) in [6, 6.07) is 16.8. The first-order valence-corrected chi connectivity index (χ1v) is 11.6. The third-order valence-corrected chi connectivity index (χ3v) is 7.96. The van der Waals surface area contributed by atoms with E-state index in [0.717, 1.165) is 12.8 Å². The summed E-state index contributed by atoms with van der Waals surface area (Å²) < 4.78 is 0. The van der Waals surface area contributed by atoms with Crippen molar-refractivity contribution in [3.63, 3.8) is 0 Å². The second-order valence-electron chi connectivity index (χ2n) is 9.52. The van der Waals surface area contributed by atoms with Crippen LogP contribution in [0.5, 0.6) is 0 Å². The number of hydrogen-bond acceptors (Lipinski definition) is 3. The van der Waals surface area contributed by atoms with Gasteiger partial charge in [-0.25, -0.2) is 0 Å². The molecule has 162 valence electrons. The third-order valence-electron chi connectivity index (χ3n) is 7.96. The minimum atomic E-state index is -0.252. The molecule has 32 heavy (non-hydrogen) atoms. The SMILES string of the molecule is CCc1ccc(N(CN2C(=O)[C@H]3[C@@H]4C=C[C@H]([C@@H]5C[C@H]45)[C@@H]3C2=O)C(=O)c2ccccc2)cc1. The van der Waals surface area contributed by atoms with E-state index in [9.17, 15) is 14.4 Å². The summed E-state index contributed by atoms with van der Waals surface area (Å²) in [5, 5.41) is 0. The van der Waals surface area contributed by atoms with Crippen molar-refractivity contribution in [2.24, 2.45) is 35.5 Å². The van der Waals surface area contributed by atoms with Gasteiger partial charge in [-0.3, -0.25) is 24.2 Å². The highest BCUT2D eigenvalue weighted by atomic mass is 16.2. The van der Waals surface area contributed by atoms with Gasteiger partial charge in [-0.2, -0.15) is 0 Å². The first kappa shape index (κ1) is 19.5. The van der Waals surface area contributed by atoms with Crippen LogP contribution in [0.3, 0.4) is 0 Å². The Balaban J connectivity index is 1.33. The van der Waals surface area contributed by atoms with Gasteiger partial charge in [0.2, 0.25) is 11.8 Å². The van der Waals surface area contributed by atoms with Gasteiger partial charge in [-0.1, -0.05) is 49.4 Å². The molecule has 0 N–H and O–H groups in total. The minimum absolute atomic E-state index is 0.0430. The predicted molar refractivity (Wildman–Crippen MR) is 120 cm³/mol. The Kier molecular flexibility index (Phi) is 4.36. The number of likely N-dealkylation sites (tertiary alicyclic amines) is 1. The van der Waals surface area contributed by atoms with Crippen LogP contribution in [0.1, 0.15) is 29.3 Å². The summed E-state index contributed by atoms with van der Waals surface area (Å²) >= 11 is 0. The molecular weight excluding hydrogens is 400 g/mol. The Morgan fingerprint density at radius 2 is 1.50 bits per heavy atom. The van der Waals surface area contributed by atoms with Crippen LogP contribution in [0.25, 0.3) is 0 Å². The highest BCUT2D eigenvalue weighted by molar-refractivity contribution is 6.09. The zero-order valence-electron chi connectivity index (χ0n) is 18.1. The van der Waals surface area contributed by atoms with Gasteiger partial charge in [-0.05, 0) is 66.3 Å². The lowest BCUT2D eigenvalue weighted by Crippen LogP contribution is -2.45. The van der Waals surface area contributed by atoms with Gasteiger partial charge in [0.05, 0.1) is 11.8 Å². The summed E-state index contributed by atoms with van der Waals surface area (Å²) in [7, 11) is 0. The maximum atomic E-state index is 13.5. The fourth-order valence-electron chi connectivity index (χ4n) is 6.21. The molecule has 2 aromatic carbocycles. The average Bonchev–Trinajstić information content (AvgIpc) is 3.63. The standard InChI is InChI=1S/C27H26N2O3/c1-2-16-8-10-18(11-9-16)28(25(30)17-6-4-3-5-7-17)15-29-26(31)23-19-12-13-20(22-14-21(19)22)24(23)27(29)32/h3-13,19-24H,2,14-15H2,1H3/t19-,20-,21-,22+,23+,24+/m1/s1. The molecule has 2 aromatic rings. The molecule has 0 aromatic heterocycles. The van der Waals surface area contributed by atoms with E-state index in [-0.39, 0.29) is 48.1 Å². The first-order valence-electron chi connectivity index (χ1n) is 11.6. The number of benzene rings is 2. The summed E-state index contributed by atoms with van der Waals surface area (Å²) in [6.45, 7) is 2.04. The molecule has 6 atom stereocenters. The van der Waals surface area contributed by atoms with Crippen molar-refractivity contribution >= 4 is 23.4 Å². The largest absolute Gasteiger partial charge is 0.290 e. The van der Waals surface area contributed by atoms with Crippen LogP contribution in [0.4, 0.5) is 5.69 Å². The molecule has 1 heterocycles. The van der Waals surface area contributed by atoms with E-state index in [1.807, 2.05) is 42.5 Å². The third kappa shape index (κ3) is 2.80. The van der Waals surface area contributed by atoms with Crippen LogP contribution < -0.4 is 4.90 Å². The highest BCUT2D eigenvalue weighted by Crippen LogP contribution is 2.65. The van der Waals surface area contributed by atoms with Crippen molar-refractivity contribution in [1.29, 1.82) is 0 Å². The summed E-state index contributed by atoms with van der Waals surface area (Å²) in [6.07, 6.45) is 6.38. The van der Waals surface area contributed by atoms with Crippen LogP contribution in [0.2, 0.25) is 0 Å². The molecule has 1 aliphatic heterocycles. The molecule has 3 amide bonds. The van der Waals surface area contributed by atoms with Crippen molar-refractivity contribution in [2.75, 3.05) is 11.6 Å². The smallest absolute Gasteiger partial charge is 0.259 e. The number of imide groups is 1. The fourth-order valence-corrected chi connectivity index (χ4v) is 6.21. The van der Waals surface area contributed by atoms with Crippen LogP contribution in [-0.2, 0) is 16.0 Å². The molecule has 3 fully saturated rings. The van der Waals surface area contributed by atoms with E-state index in [2.05, 4.69) is 19.1 Å². The van der Waals surface area contributed by atoms with E-state index in [1.54, 1.807) is 17.0 Å². The Hall–Kier alpha value is -3.21. The normalized spacial score (nSPS) is 31.5. The lowest BCUT2D eigenvalue weighted by atomic mass is 9.63. The number of allylic oxidation sites excluding steroid dienone is 2. The molecule has 2 bridgehead atoms. The zero-order valence-corrected chi connectivity index (χ0v) is 18.1. The maximum Gasteiger partial charge on any atom is 0.259 e. The summed E-state index contributed by atoms with van der Waals surface area (Å²) in [4.78, 5) is 43.3. The van der Waals surface area contributed by atoms with Gasteiger partial charge >= 0.3 is 0 Å². The number of amides is 3. The molecule has 0 radical (unpaired) electrons. The maximum absolute atomic E-state index is 13.5. The number of aryl methyl sites for hydroxylation is 1.